The van der Waals surface area contributed by atoms with Crippen molar-refractivity contribution in [2.75, 3.05) is 0 Å². The van der Waals surface area contributed by atoms with Gasteiger partial charge in [-0.3, -0.25) is 4.79 Å². The van der Waals surface area contributed by atoms with Gasteiger partial charge in [0.15, 0.2) is 6.61 Å². The molecule has 0 atom stereocenters. The van der Waals surface area contributed by atoms with Crippen molar-refractivity contribution in [2.45, 2.75) is 13.2 Å². The highest BCUT2D eigenvalue weighted by Gasteiger charge is 2.14. The summed E-state index contributed by atoms with van der Waals surface area (Å²) in [6.45, 7) is 0.478. The van der Waals surface area contributed by atoms with Crippen LogP contribution in [-0.2, 0) is 13.2 Å². The Hall–Kier alpha value is -3.64. The molecule has 0 saturated carbocycles. The molecule has 0 bridgehead atoms. The van der Waals surface area contributed by atoms with Crippen LogP contribution in [0.15, 0.2) is 83.4 Å². The number of hydrogen-bond donors (Lipinski definition) is 1. The number of aromatic nitrogens is 2. The lowest BCUT2D eigenvalue weighted by atomic mass is 10.1. The Morgan fingerprint density at radius 1 is 0.967 bits per heavy atom. The van der Waals surface area contributed by atoms with E-state index in [0.717, 1.165) is 11.1 Å². The molecule has 0 aliphatic rings. The Kier molecular flexibility index (Phi) is 6.06. The summed E-state index contributed by atoms with van der Waals surface area (Å²) in [5.41, 5.74) is 2.24. The molecule has 0 radical (unpaired) electrons. The van der Waals surface area contributed by atoms with Crippen molar-refractivity contribution in [3.8, 4) is 17.1 Å². The maximum atomic E-state index is 12.6. The van der Waals surface area contributed by atoms with Crippen molar-refractivity contribution in [3.63, 3.8) is 0 Å². The van der Waals surface area contributed by atoms with E-state index in [1.165, 1.54) is 0 Å². The molecule has 4 aromatic rings. The summed E-state index contributed by atoms with van der Waals surface area (Å²) in [7, 11) is 0. The Morgan fingerprint density at radius 3 is 2.50 bits per heavy atom. The van der Waals surface area contributed by atoms with Crippen LogP contribution >= 0.6 is 11.6 Å². The van der Waals surface area contributed by atoms with Gasteiger partial charge in [-0.05, 0) is 42.0 Å². The van der Waals surface area contributed by atoms with E-state index in [4.69, 9.17) is 20.9 Å². The minimum Gasteiger partial charge on any atom is -0.483 e. The third kappa shape index (κ3) is 4.85. The summed E-state index contributed by atoms with van der Waals surface area (Å²) in [6, 6.07) is 23.9. The van der Waals surface area contributed by atoms with Crippen LogP contribution < -0.4 is 10.1 Å². The highest BCUT2D eigenvalue weighted by molar-refractivity contribution is 6.30. The van der Waals surface area contributed by atoms with Gasteiger partial charge in [0.1, 0.15) is 5.75 Å². The number of nitrogens with one attached hydrogen (secondary N) is 1. The monoisotopic (exact) mass is 419 g/mol. The molecular formula is C23H18ClN3O3. The van der Waals surface area contributed by atoms with E-state index in [1.54, 1.807) is 36.4 Å². The lowest BCUT2D eigenvalue weighted by molar-refractivity contribution is 0.0945. The number of carbonyl (C=O) groups is 1. The first-order valence-corrected chi connectivity index (χ1v) is 9.69. The van der Waals surface area contributed by atoms with Gasteiger partial charge in [0.05, 0.1) is 5.56 Å². The summed E-state index contributed by atoms with van der Waals surface area (Å²) in [6.07, 6.45) is 0. The molecule has 4 rings (SSSR count). The van der Waals surface area contributed by atoms with Crippen LogP contribution in [0.5, 0.6) is 5.75 Å². The van der Waals surface area contributed by atoms with Gasteiger partial charge in [0.25, 0.3) is 11.8 Å². The summed E-state index contributed by atoms with van der Waals surface area (Å²) < 4.78 is 11.0. The molecule has 0 aliphatic heterocycles. The van der Waals surface area contributed by atoms with E-state index >= 15 is 0 Å². The average molecular weight is 420 g/mol. The molecule has 7 heteroatoms. The Bertz CT molecular complexity index is 1130. The third-order valence-electron chi connectivity index (χ3n) is 4.35. The molecule has 1 heterocycles. The van der Waals surface area contributed by atoms with E-state index in [0.29, 0.717) is 34.6 Å². The van der Waals surface area contributed by atoms with Gasteiger partial charge in [0.2, 0.25) is 5.82 Å². The van der Waals surface area contributed by atoms with Crippen LogP contribution in [0.4, 0.5) is 0 Å². The lowest BCUT2D eigenvalue weighted by Gasteiger charge is -2.10. The Balaban J connectivity index is 1.41. The number of para-hydroxylation sites is 1. The third-order valence-corrected chi connectivity index (χ3v) is 4.60. The maximum Gasteiger partial charge on any atom is 0.264 e. The van der Waals surface area contributed by atoms with Gasteiger partial charge >= 0.3 is 0 Å². The second-order valence-corrected chi connectivity index (χ2v) is 6.91. The first-order valence-electron chi connectivity index (χ1n) is 9.31. The summed E-state index contributed by atoms with van der Waals surface area (Å²) in [4.78, 5) is 16.9. The Morgan fingerprint density at radius 2 is 1.70 bits per heavy atom. The number of rotatable bonds is 7. The lowest BCUT2D eigenvalue weighted by Crippen LogP contribution is -2.23. The van der Waals surface area contributed by atoms with E-state index in [9.17, 15) is 4.79 Å². The molecule has 30 heavy (non-hydrogen) atoms. The fourth-order valence-corrected chi connectivity index (χ4v) is 2.95. The molecule has 0 saturated heterocycles. The molecule has 0 unspecified atom stereocenters. The largest absolute Gasteiger partial charge is 0.483 e. The fourth-order valence-electron chi connectivity index (χ4n) is 2.82. The van der Waals surface area contributed by atoms with Gasteiger partial charge < -0.3 is 14.6 Å². The van der Waals surface area contributed by atoms with Crippen LogP contribution in [-0.4, -0.2) is 16.0 Å². The van der Waals surface area contributed by atoms with Crippen LogP contribution in [0.2, 0.25) is 5.02 Å². The van der Waals surface area contributed by atoms with Crippen LogP contribution in [0, 0.1) is 0 Å². The van der Waals surface area contributed by atoms with Crippen molar-refractivity contribution in [1.82, 2.24) is 15.5 Å². The normalized spacial score (nSPS) is 10.6. The molecule has 0 spiro atoms. The zero-order chi connectivity index (χ0) is 20.8. The number of halogens is 1. The number of nitrogens with zero attached hydrogens (tertiary/aromatic N) is 2. The molecule has 1 aromatic heterocycles. The SMILES string of the molecule is O=C(NCc1ccccc1)c1ccccc1OCc1nc(-c2ccc(Cl)cc2)no1. The number of amides is 1. The summed E-state index contributed by atoms with van der Waals surface area (Å²) in [5.74, 6) is 0.967. The van der Waals surface area contributed by atoms with E-state index in [1.807, 2.05) is 42.5 Å². The highest BCUT2D eigenvalue weighted by Crippen LogP contribution is 2.21. The number of hydrogen-bond acceptors (Lipinski definition) is 5. The Labute approximate surface area is 178 Å². The van der Waals surface area contributed by atoms with Crippen molar-refractivity contribution >= 4 is 17.5 Å². The molecule has 3 aromatic carbocycles. The fraction of sp³-hybridized carbons (Fsp3) is 0.0870. The van der Waals surface area contributed by atoms with Gasteiger partial charge in [-0.1, -0.05) is 59.2 Å². The van der Waals surface area contributed by atoms with Gasteiger partial charge in [-0.2, -0.15) is 4.98 Å². The van der Waals surface area contributed by atoms with Crippen molar-refractivity contribution in [1.29, 1.82) is 0 Å². The quantitative estimate of drug-likeness (QED) is 0.461. The zero-order valence-electron chi connectivity index (χ0n) is 15.9. The first kappa shape index (κ1) is 19.7. The second-order valence-electron chi connectivity index (χ2n) is 6.47. The van der Waals surface area contributed by atoms with Crippen molar-refractivity contribution < 1.29 is 14.1 Å². The molecule has 150 valence electrons. The molecular weight excluding hydrogens is 402 g/mol. The molecule has 0 fully saturated rings. The van der Waals surface area contributed by atoms with Crippen molar-refractivity contribution in [2.24, 2.45) is 0 Å². The van der Waals surface area contributed by atoms with Gasteiger partial charge in [-0.25, -0.2) is 0 Å². The predicted molar refractivity (Wildman–Crippen MR) is 113 cm³/mol. The molecule has 1 amide bonds. The van der Waals surface area contributed by atoms with E-state index in [-0.39, 0.29) is 12.5 Å². The molecule has 1 N–H and O–H groups in total. The van der Waals surface area contributed by atoms with E-state index < -0.39 is 0 Å². The number of benzene rings is 3. The van der Waals surface area contributed by atoms with Crippen LogP contribution in [0.25, 0.3) is 11.4 Å². The smallest absolute Gasteiger partial charge is 0.264 e. The summed E-state index contributed by atoms with van der Waals surface area (Å²) >= 11 is 5.90. The average Bonchev–Trinajstić information content (AvgIpc) is 3.26. The van der Waals surface area contributed by atoms with Gasteiger partial charge in [0, 0.05) is 17.1 Å². The van der Waals surface area contributed by atoms with Crippen LogP contribution in [0.1, 0.15) is 21.8 Å². The standard InChI is InChI=1S/C23H18ClN3O3/c24-18-12-10-17(11-13-18)22-26-21(30-27-22)15-29-20-9-5-4-8-19(20)23(28)25-14-16-6-2-1-3-7-16/h1-13H,14-15H2,(H,25,28). The predicted octanol–water partition coefficient (Wildman–Crippen LogP) is 4.90. The number of carbonyl (C=O) groups excluding carboxylic acids is 1. The highest BCUT2D eigenvalue weighted by atomic mass is 35.5. The molecule has 6 nitrogen and oxygen atoms in total. The van der Waals surface area contributed by atoms with E-state index in [2.05, 4.69) is 15.5 Å². The maximum absolute atomic E-state index is 12.6. The number of ether oxygens (including phenoxy) is 1. The second kappa shape index (κ2) is 9.24. The van der Waals surface area contributed by atoms with Crippen LogP contribution in [0.3, 0.4) is 0 Å². The van der Waals surface area contributed by atoms with Crippen molar-refractivity contribution in [3.05, 3.63) is 101 Å². The minimum absolute atomic E-state index is 0.0452. The van der Waals surface area contributed by atoms with Gasteiger partial charge in [-0.15, -0.1) is 0 Å². The summed E-state index contributed by atoms with van der Waals surface area (Å²) in [5, 5.41) is 7.50. The first-order chi connectivity index (χ1) is 14.7. The minimum atomic E-state index is -0.221. The topological polar surface area (TPSA) is 77.2 Å². The zero-order valence-corrected chi connectivity index (χ0v) is 16.7. The molecule has 0 aliphatic carbocycles.